The number of thioether (sulfide) groups is 1. The van der Waals surface area contributed by atoms with Gasteiger partial charge in [-0.25, -0.2) is 26.6 Å². The van der Waals surface area contributed by atoms with Crippen LogP contribution in [0.3, 0.4) is 0 Å². The molecule has 1 aromatic heterocycles. The van der Waals surface area contributed by atoms with Crippen LogP contribution >= 0.6 is 11.8 Å². The number of nitrogens with zero attached hydrogens (tertiary/aromatic N) is 3. The number of halogens is 5. The van der Waals surface area contributed by atoms with Crippen LogP contribution in [0, 0.1) is 17.5 Å². The first-order chi connectivity index (χ1) is 19.7. The van der Waals surface area contributed by atoms with E-state index in [0.717, 1.165) is 37.2 Å². The molecule has 1 aliphatic carbocycles. The molecule has 2 heterocycles. The third kappa shape index (κ3) is 7.56. The number of ether oxygens (including phenoxy) is 4. The zero-order chi connectivity index (χ0) is 30.8. The summed E-state index contributed by atoms with van der Waals surface area (Å²) in [6.45, 7) is 2.92. The molecule has 1 aliphatic heterocycles. The van der Waals surface area contributed by atoms with E-state index in [0.29, 0.717) is 18.6 Å². The monoisotopic (exact) mass is 621 g/mol. The third-order valence-corrected chi connectivity index (χ3v) is 8.12. The average molecular weight is 622 g/mol. The van der Waals surface area contributed by atoms with Gasteiger partial charge in [-0.05, 0) is 25.0 Å². The van der Waals surface area contributed by atoms with Crippen LogP contribution in [0.4, 0.5) is 22.0 Å². The van der Waals surface area contributed by atoms with Crippen molar-refractivity contribution in [1.29, 1.82) is 0 Å². The molecular weight excluding hydrogens is 593 g/mol. The first-order valence-corrected chi connectivity index (χ1v) is 13.9. The molecule has 0 N–H and O–H groups in total. The van der Waals surface area contributed by atoms with Crippen molar-refractivity contribution in [2.45, 2.75) is 87.4 Å². The second-order valence-electron chi connectivity index (χ2n) is 10.0. The van der Waals surface area contributed by atoms with E-state index in [1.54, 1.807) is 0 Å². The third-order valence-electron chi connectivity index (χ3n) is 6.69. The van der Waals surface area contributed by atoms with Crippen molar-refractivity contribution in [1.82, 2.24) is 15.0 Å². The highest BCUT2D eigenvalue weighted by Gasteiger charge is 2.53. The summed E-state index contributed by atoms with van der Waals surface area (Å²) < 4.78 is 93.3. The van der Waals surface area contributed by atoms with Crippen molar-refractivity contribution >= 4 is 29.7 Å². The summed E-state index contributed by atoms with van der Waals surface area (Å²) >= 11 is 0.997. The van der Waals surface area contributed by atoms with Gasteiger partial charge in [0, 0.05) is 44.4 Å². The smallest absolute Gasteiger partial charge is 0.303 e. The molecule has 0 bridgehead atoms. The van der Waals surface area contributed by atoms with Gasteiger partial charge in [-0.1, -0.05) is 5.21 Å². The molecule has 1 aromatic carbocycles. The normalized spacial score (nSPS) is 27.2. The quantitative estimate of drug-likeness (QED) is 0.182. The summed E-state index contributed by atoms with van der Waals surface area (Å²) in [5, 5.41) is 7.30. The zero-order valence-electron chi connectivity index (χ0n) is 22.7. The number of carbonyl (C=O) groups is 3. The second-order valence-corrected chi connectivity index (χ2v) is 11.4. The summed E-state index contributed by atoms with van der Waals surface area (Å²) in [5.41, 5.74) is -1.42. The van der Waals surface area contributed by atoms with E-state index in [1.807, 2.05) is 0 Å². The highest BCUT2D eigenvalue weighted by molar-refractivity contribution is 8.00. The number of alkyl halides is 2. The van der Waals surface area contributed by atoms with Crippen LogP contribution in [-0.4, -0.2) is 74.4 Å². The van der Waals surface area contributed by atoms with Crippen molar-refractivity contribution in [3.8, 4) is 11.3 Å². The fourth-order valence-corrected chi connectivity index (χ4v) is 6.58. The minimum atomic E-state index is -2.90. The van der Waals surface area contributed by atoms with E-state index in [-0.39, 0.29) is 24.1 Å². The number of hydrogen-bond acceptors (Lipinski definition) is 10. The highest BCUT2D eigenvalue weighted by Crippen LogP contribution is 2.45. The Labute approximate surface area is 241 Å². The summed E-state index contributed by atoms with van der Waals surface area (Å²) in [4.78, 5) is 36.0. The van der Waals surface area contributed by atoms with Crippen LogP contribution in [0.25, 0.3) is 11.3 Å². The molecule has 2 aromatic rings. The minimum absolute atomic E-state index is 0.116. The predicted molar refractivity (Wildman–Crippen MR) is 136 cm³/mol. The molecule has 1 saturated heterocycles. The second kappa shape index (κ2) is 12.9. The van der Waals surface area contributed by atoms with Crippen LogP contribution in [0.1, 0.15) is 52.5 Å². The summed E-state index contributed by atoms with van der Waals surface area (Å²) in [5.74, 6) is -9.77. The van der Waals surface area contributed by atoms with Crippen LogP contribution in [0.2, 0.25) is 0 Å². The van der Waals surface area contributed by atoms with Crippen LogP contribution in [-0.2, 0) is 33.3 Å². The fraction of sp³-hybridized carbons (Fsp3) is 0.577. The van der Waals surface area contributed by atoms with Gasteiger partial charge < -0.3 is 18.9 Å². The lowest BCUT2D eigenvalue weighted by atomic mass is 9.96. The molecule has 0 amide bonds. The standard InChI is InChI=1S/C26H28F5N3O7S/c1-12(35)38-11-20-23(39-13(2)36)22(34-10-19(32-33-34)15-7-17(27)21(29)18(28)8-15)24(40-14(3)37)25(41-20)42-16-5-4-6-26(30,31)9-16/h7-8,10,16,20,22-25H,4-6,9,11H2,1-3H3/t16?,20?,22?,23-,24?,25+/m0/s1. The minimum Gasteiger partial charge on any atom is -0.463 e. The summed E-state index contributed by atoms with van der Waals surface area (Å²) in [6.07, 6.45) is -2.64. The van der Waals surface area contributed by atoms with Gasteiger partial charge in [0.05, 0.1) is 6.20 Å². The van der Waals surface area contributed by atoms with Crippen molar-refractivity contribution in [3.05, 3.63) is 35.8 Å². The van der Waals surface area contributed by atoms with Gasteiger partial charge in [-0.15, -0.1) is 16.9 Å². The van der Waals surface area contributed by atoms with Gasteiger partial charge in [0.25, 0.3) is 0 Å². The van der Waals surface area contributed by atoms with E-state index >= 15 is 0 Å². The molecule has 4 unspecified atom stereocenters. The Bertz CT molecular complexity index is 1310. The maximum atomic E-state index is 14.2. The fourth-order valence-electron chi connectivity index (χ4n) is 4.98. The van der Waals surface area contributed by atoms with Crippen molar-refractivity contribution < 1.29 is 55.3 Å². The topological polar surface area (TPSA) is 119 Å². The Morgan fingerprint density at radius 2 is 1.69 bits per heavy atom. The number of aromatic nitrogens is 3. The average Bonchev–Trinajstić information content (AvgIpc) is 3.36. The van der Waals surface area contributed by atoms with E-state index in [9.17, 15) is 36.3 Å². The maximum Gasteiger partial charge on any atom is 0.303 e. The molecular formula is C26H28F5N3O7S. The van der Waals surface area contributed by atoms with E-state index < -0.39 is 89.3 Å². The Hall–Kier alpha value is -3.27. The van der Waals surface area contributed by atoms with Crippen LogP contribution < -0.4 is 0 Å². The largest absolute Gasteiger partial charge is 0.463 e. The van der Waals surface area contributed by atoms with E-state index in [4.69, 9.17) is 18.9 Å². The SMILES string of the molecule is CC(=O)OCC1O[C@H](SC2CCCC(F)(F)C2)C(OC(C)=O)C(n2cc(-c3cc(F)c(F)c(F)c3)nn2)[C@H]1OC(C)=O. The number of hydrogen-bond donors (Lipinski definition) is 0. The van der Waals surface area contributed by atoms with E-state index in [2.05, 4.69) is 10.3 Å². The molecule has 0 spiro atoms. The van der Waals surface area contributed by atoms with Crippen molar-refractivity contribution in [3.63, 3.8) is 0 Å². The number of rotatable bonds is 8. The predicted octanol–water partition coefficient (Wildman–Crippen LogP) is 4.37. The lowest BCUT2D eigenvalue weighted by molar-refractivity contribution is -0.212. The number of esters is 3. The summed E-state index contributed by atoms with van der Waals surface area (Å²) in [6, 6.07) is 0.176. The zero-order valence-corrected chi connectivity index (χ0v) is 23.5. The molecule has 230 valence electrons. The van der Waals surface area contributed by atoms with Gasteiger partial charge in [-0.3, -0.25) is 14.4 Å². The molecule has 1 saturated carbocycles. The van der Waals surface area contributed by atoms with Gasteiger partial charge in [0.2, 0.25) is 5.92 Å². The molecule has 2 aliphatic rings. The number of carbonyl (C=O) groups excluding carboxylic acids is 3. The lowest BCUT2D eigenvalue weighted by Crippen LogP contribution is -2.58. The molecule has 6 atom stereocenters. The molecule has 4 rings (SSSR count). The maximum absolute atomic E-state index is 14.2. The van der Waals surface area contributed by atoms with Crippen molar-refractivity contribution in [2.75, 3.05) is 6.61 Å². The first-order valence-electron chi connectivity index (χ1n) is 13.0. The molecule has 42 heavy (non-hydrogen) atoms. The Balaban J connectivity index is 1.77. The first kappa shape index (κ1) is 31.7. The van der Waals surface area contributed by atoms with Crippen LogP contribution in [0.5, 0.6) is 0 Å². The van der Waals surface area contributed by atoms with Crippen LogP contribution in [0.15, 0.2) is 18.3 Å². The molecule has 2 fully saturated rings. The lowest BCUT2D eigenvalue weighted by Gasteiger charge is -2.45. The Kier molecular flexibility index (Phi) is 9.75. The molecule has 10 nitrogen and oxygen atoms in total. The van der Waals surface area contributed by atoms with E-state index in [1.165, 1.54) is 6.20 Å². The number of benzene rings is 1. The Morgan fingerprint density at radius 1 is 1.05 bits per heavy atom. The van der Waals surface area contributed by atoms with Gasteiger partial charge >= 0.3 is 17.9 Å². The summed E-state index contributed by atoms with van der Waals surface area (Å²) in [7, 11) is 0. The molecule has 16 heteroatoms. The van der Waals surface area contributed by atoms with Gasteiger partial charge in [-0.2, -0.15) is 0 Å². The highest BCUT2D eigenvalue weighted by atomic mass is 32.2. The Morgan fingerprint density at radius 3 is 2.29 bits per heavy atom. The van der Waals surface area contributed by atoms with Gasteiger partial charge in [0.1, 0.15) is 29.9 Å². The van der Waals surface area contributed by atoms with Gasteiger partial charge in [0.15, 0.2) is 29.7 Å². The molecule has 0 radical (unpaired) electrons. The van der Waals surface area contributed by atoms with Crippen molar-refractivity contribution in [2.24, 2.45) is 0 Å².